The molecule has 1 rings (SSSR count). The van der Waals surface area contributed by atoms with Gasteiger partial charge in [-0.15, -0.1) is 0 Å². The number of nitrogens with zero attached hydrogens (tertiary/aromatic N) is 1. The van der Waals surface area contributed by atoms with Crippen LogP contribution in [0.5, 0.6) is 5.88 Å². The Morgan fingerprint density at radius 1 is 1.47 bits per heavy atom. The first-order chi connectivity index (χ1) is 8.17. The summed E-state index contributed by atoms with van der Waals surface area (Å²) >= 11 is 6.09. The third-order valence-corrected chi connectivity index (χ3v) is 2.89. The number of hydrogen-bond donors (Lipinski definition) is 1. The molecule has 0 amide bonds. The first kappa shape index (κ1) is 14.3. The largest absolute Gasteiger partial charge is 0.475 e. The lowest BCUT2D eigenvalue weighted by Gasteiger charge is -2.13. The summed E-state index contributed by atoms with van der Waals surface area (Å²) in [6.07, 6.45) is 3.91. The van der Waals surface area contributed by atoms with Crippen LogP contribution >= 0.6 is 11.6 Å². The van der Waals surface area contributed by atoms with Crippen LogP contribution in [0.15, 0.2) is 12.3 Å². The first-order valence-electron chi connectivity index (χ1n) is 6.19. The zero-order valence-electron chi connectivity index (χ0n) is 10.8. The quantitative estimate of drug-likeness (QED) is 0.759. The highest BCUT2D eigenvalue weighted by atomic mass is 35.5. The smallest absolute Gasteiger partial charge is 0.213 e. The number of nitrogens with one attached hydrogen (secondary N) is 1. The molecule has 1 atom stereocenters. The van der Waals surface area contributed by atoms with Gasteiger partial charge in [-0.1, -0.05) is 25.4 Å². The molecule has 1 aromatic heterocycles. The predicted molar refractivity (Wildman–Crippen MR) is 71.6 cm³/mol. The Morgan fingerprint density at radius 2 is 2.24 bits per heavy atom. The molecule has 1 unspecified atom stereocenters. The van der Waals surface area contributed by atoms with Crippen molar-refractivity contribution in [2.45, 2.75) is 46.3 Å². The average molecular weight is 257 g/mol. The Hall–Kier alpha value is -0.800. The van der Waals surface area contributed by atoms with Crippen LogP contribution < -0.4 is 10.1 Å². The third-order valence-electron chi connectivity index (χ3n) is 2.55. The maximum atomic E-state index is 6.09. The lowest BCUT2D eigenvalue weighted by Crippen LogP contribution is -2.15. The Morgan fingerprint density at radius 3 is 2.88 bits per heavy atom. The number of rotatable bonds is 7. The zero-order chi connectivity index (χ0) is 12.7. The maximum Gasteiger partial charge on any atom is 0.213 e. The molecule has 0 saturated heterocycles. The van der Waals surface area contributed by atoms with Gasteiger partial charge < -0.3 is 10.1 Å². The molecule has 0 aliphatic rings. The normalized spacial score (nSPS) is 12.5. The van der Waals surface area contributed by atoms with Gasteiger partial charge in [0, 0.05) is 18.8 Å². The molecule has 0 fully saturated rings. The van der Waals surface area contributed by atoms with Crippen LogP contribution in [0.25, 0.3) is 0 Å². The Labute approximate surface area is 109 Å². The first-order valence-corrected chi connectivity index (χ1v) is 6.57. The van der Waals surface area contributed by atoms with Gasteiger partial charge >= 0.3 is 0 Å². The average Bonchev–Trinajstić information content (AvgIpc) is 2.33. The molecule has 4 heteroatoms. The van der Waals surface area contributed by atoms with Gasteiger partial charge in [0.05, 0.1) is 11.1 Å². The standard InChI is InChI=1S/C13H21ClN2O/c1-4-6-15-8-11-7-13(16-9-12(11)14)17-10(3)5-2/h7,9-10,15H,4-6,8H2,1-3H3. The van der Waals surface area contributed by atoms with Crippen LogP contribution in [0.1, 0.15) is 39.2 Å². The molecule has 0 aromatic carbocycles. The van der Waals surface area contributed by atoms with E-state index in [9.17, 15) is 0 Å². The van der Waals surface area contributed by atoms with Crippen LogP contribution in [0, 0.1) is 0 Å². The van der Waals surface area contributed by atoms with Crippen molar-refractivity contribution < 1.29 is 4.74 Å². The molecule has 3 nitrogen and oxygen atoms in total. The van der Waals surface area contributed by atoms with Gasteiger partial charge in [0.2, 0.25) is 5.88 Å². The second kappa shape index (κ2) is 7.51. The summed E-state index contributed by atoms with van der Waals surface area (Å²) in [6, 6.07) is 1.91. The van der Waals surface area contributed by atoms with E-state index in [1.54, 1.807) is 6.20 Å². The Kier molecular flexibility index (Phi) is 6.30. The monoisotopic (exact) mass is 256 g/mol. The van der Waals surface area contributed by atoms with Crippen molar-refractivity contribution in [1.82, 2.24) is 10.3 Å². The fourth-order valence-electron chi connectivity index (χ4n) is 1.35. The fourth-order valence-corrected chi connectivity index (χ4v) is 1.52. The topological polar surface area (TPSA) is 34.1 Å². The van der Waals surface area contributed by atoms with Crippen molar-refractivity contribution in [2.75, 3.05) is 6.54 Å². The van der Waals surface area contributed by atoms with E-state index in [0.29, 0.717) is 10.9 Å². The second-order valence-electron chi connectivity index (χ2n) is 4.13. The fraction of sp³-hybridized carbons (Fsp3) is 0.615. The van der Waals surface area contributed by atoms with E-state index in [1.165, 1.54) is 0 Å². The molecule has 0 aliphatic carbocycles. The van der Waals surface area contributed by atoms with E-state index in [1.807, 2.05) is 13.0 Å². The second-order valence-corrected chi connectivity index (χ2v) is 4.53. The minimum absolute atomic E-state index is 0.181. The molecule has 0 aliphatic heterocycles. The van der Waals surface area contributed by atoms with E-state index < -0.39 is 0 Å². The van der Waals surface area contributed by atoms with Crippen LogP contribution in [-0.4, -0.2) is 17.6 Å². The number of halogens is 1. The van der Waals surface area contributed by atoms with Crippen molar-refractivity contribution in [3.63, 3.8) is 0 Å². The number of hydrogen-bond acceptors (Lipinski definition) is 3. The maximum absolute atomic E-state index is 6.09. The van der Waals surface area contributed by atoms with Gasteiger partial charge in [-0.2, -0.15) is 0 Å². The summed E-state index contributed by atoms with van der Waals surface area (Å²) in [5.41, 5.74) is 1.04. The lowest BCUT2D eigenvalue weighted by atomic mass is 10.2. The SMILES string of the molecule is CCCNCc1cc(OC(C)CC)ncc1Cl. The van der Waals surface area contributed by atoms with Crippen molar-refractivity contribution in [3.05, 3.63) is 22.8 Å². The van der Waals surface area contributed by atoms with E-state index in [-0.39, 0.29) is 6.10 Å². The lowest BCUT2D eigenvalue weighted by molar-refractivity contribution is 0.208. The van der Waals surface area contributed by atoms with Gasteiger partial charge in [-0.3, -0.25) is 0 Å². The summed E-state index contributed by atoms with van der Waals surface area (Å²) < 4.78 is 5.67. The van der Waals surface area contributed by atoms with Gasteiger partial charge in [0.15, 0.2) is 0 Å². The van der Waals surface area contributed by atoms with E-state index >= 15 is 0 Å². The van der Waals surface area contributed by atoms with Crippen LogP contribution in [-0.2, 0) is 6.54 Å². The van der Waals surface area contributed by atoms with Gasteiger partial charge in [0.1, 0.15) is 0 Å². The van der Waals surface area contributed by atoms with Crippen LogP contribution in [0.2, 0.25) is 5.02 Å². The van der Waals surface area contributed by atoms with Gasteiger partial charge in [-0.25, -0.2) is 4.98 Å². The molecular formula is C13H21ClN2O. The molecule has 0 saturated carbocycles. The van der Waals surface area contributed by atoms with E-state index in [0.717, 1.165) is 31.5 Å². The predicted octanol–water partition coefficient (Wildman–Crippen LogP) is 3.41. The molecular weight excluding hydrogens is 236 g/mol. The highest BCUT2D eigenvalue weighted by Crippen LogP contribution is 2.20. The van der Waals surface area contributed by atoms with Crippen LogP contribution in [0.3, 0.4) is 0 Å². The Bertz CT molecular complexity index is 344. The molecule has 1 N–H and O–H groups in total. The summed E-state index contributed by atoms with van der Waals surface area (Å²) in [5.74, 6) is 0.650. The molecule has 96 valence electrons. The molecule has 17 heavy (non-hydrogen) atoms. The van der Waals surface area contributed by atoms with Crippen molar-refractivity contribution in [1.29, 1.82) is 0 Å². The van der Waals surface area contributed by atoms with Crippen molar-refractivity contribution in [2.24, 2.45) is 0 Å². The van der Waals surface area contributed by atoms with Crippen molar-refractivity contribution in [3.8, 4) is 5.88 Å². The van der Waals surface area contributed by atoms with E-state index in [2.05, 4.69) is 24.1 Å². The number of pyridine rings is 1. The molecule has 1 heterocycles. The number of ether oxygens (including phenoxy) is 1. The third kappa shape index (κ3) is 4.92. The minimum atomic E-state index is 0.181. The molecule has 1 aromatic rings. The zero-order valence-corrected chi connectivity index (χ0v) is 11.5. The summed E-state index contributed by atoms with van der Waals surface area (Å²) in [5, 5.41) is 4.00. The summed E-state index contributed by atoms with van der Waals surface area (Å²) in [7, 11) is 0. The molecule has 0 spiro atoms. The van der Waals surface area contributed by atoms with E-state index in [4.69, 9.17) is 16.3 Å². The highest BCUT2D eigenvalue weighted by molar-refractivity contribution is 6.31. The van der Waals surface area contributed by atoms with Gasteiger partial charge in [-0.05, 0) is 31.9 Å². The van der Waals surface area contributed by atoms with Crippen molar-refractivity contribution >= 4 is 11.6 Å². The number of aromatic nitrogens is 1. The summed E-state index contributed by atoms with van der Waals surface area (Å²) in [4.78, 5) is 4.17. The molecule has 0 bridgehead atoms. The molecule has 0 radical (unpaired) electrons. The summed E-state index contributed by atoms with van der Waals surface area (Å²) in [6.45, 7) is 8.00. The minimum Gasteiger partial charge on any atom is -0.475 e. The van der Waals surface area contributed by atoms with Gasteiger partial charge in [0.25, 0.3) is 0 Å². The Balaban J connectivity index is 2.65. The van der Waals surface area contributed by atoms with Crippen LogP contribution in [0.4, 0.5) is 0 Å². The highest BCUT2D eigenvalue weighted by Gasteiger charge is 2.06.